The standard InChI is InChI=1S/C13H29NO/c1-5-7-8-13(14-10-6-2)12(3)9-11-15-4/h12-14H,5-11H2,1-4H3. The monoisotopic (exact) mass is 215 g/mol. The molecule has 0 aromatic rings. The Kier molecular flexibility index (Phi) is 10.4. The first-order valence-corrected chi connectivity index (χ1v) is 6.48. The summed E-state index contributed by atoms with van der Waals surface area (Å²) in [6, 6.07) is 0.681. The molecule has 0 aromatic carbocycles. The van der Waals surface area contributed by atoms with Crippen molar-refractivity contribution < 1.29 is 4.74 Å². The van der Waals surface area contributed by atoms with Gasteiger partial charge in [0.2, 0.25) is 0 Å². The second kappa shape index (κ2) is 10.4. The average Bonchev–Trinajstić information content (AvgIpc) is 2.26. The molecular weight excluding hydrogens is 186 g/mol. The van der Waals surface area contributed by atoms with Crippen LogP contribution in [0.5, 0.6) is 0 Å². The Morgan fingerprint density at radius 1 is 1.13 bits per heavy atom. The van der Waals surface area contributed by atoms with Crippen molar-refractivity contribution in [1.29, 1.82) is 0 Å². The lowest BCUT2D eigenvalue weighted by Gasteiger charge is -2.25. The average molecular weight is 215 g/mol. The van der Waals surface area contributed by atoms with E-state index in [0.29, 0.717) is 6.04 Å². The third-order valence-corrected chi connectivity index (χ3v) is 2.99. The fourth-order valence-corrected chi connectivity index (χ4v) is 1.85. The fourth-order valence-electron chi connectivity index (χ4n) is 1.85. The van der Waals surface area contributed by atoms with E-state index in [-0.39, 0.29) is 0 Å². The first kappa shape index (κ1) is 14.9. The van der Waals surface area contributed by atoms with Crippen molar-refractivity contribution in [2.75, 3.05) is 20.3 Å². The van der Waals surface area contributed by atoms with Gasteiger partial charge < -0.3 is 10.1 Å². The highest BCUT2D eigenvalue weighted by atomic mass is 16.5. The van der Waals surface area contributed by atoms with Crippen LogP contribution in [0.4, 0.5) is 0 Å². The second-order valence-corrected chi connectivity index (χ2v) is 4.46. The highest BCUT2D eigenvalue weighted by Gasteiger charge is 2.15. The second-order valence-electron chi connectivity index (χ2n) is 4.46. The summed E-state index contributed by atoms with van der Waals surface area (Å²) in [6.45, 7) is 8.85. The van der Waals surface area contributed by atoms with Gasteiger partial charge in [-0.3, -0.25) is 0 Å². The summed E-state index contributed by atoms with van der Waals surface area (Å²) < 4.78 is 5.14. The quantitative estimate of drug-likeness (QED) is 0.604. The molecule has 0 spiro atoms. The number of methoxy groups -OCH3 is 1. The molecule has 0 saturated carbocycles. The summed E-state index contributed by atoms with van der Waals surface area (Å²) in [7, 11) is 1.78. The highest BCUT2D eigenvalue weighted by molar-refractivity contribution is 4.73. The van der Waals surface area contributed by atoms with Crippen LogP contribution in [0.3, 0.4) is 0 Å². The first-order valence-electron chi connectivity index (χ1n) is 6.48. The number of nitrogens with one attached hydrogen (secondary N) is 1. The summed E-state index contributed by atoms with van der Waals surface area (Å²) >= 11 is 0. The molecule has 0 radical (unpaired) electrons. The van der Waals surface area contributed by atoms with Gasteiger partial charge in [0.05, 0.1) is 0 Å². The molecule has 0 saturated heterocycles. The Morgan fingerprint density at radius 3 is 2.40 bits per heavy atom. The summed E-state index contributed by atoms with van der Waals surface area (Å²) in [5.74, 6) is 0.725. The van der Waals surface area contributed by atoms with Gasteiger partial charge in [0.1, 0.15) is 0 Å². The third-order valence-electron chi connectivity index (χ3n) is 2.99. The van der Waals surface area contributed by atoms with Crippen LogP contribution < -0.4 is 5.32 Å². The minimum atomic E-state index is 0.681. The maximum Gasteiger partial charge on any atom is 0.0465 e. The van der Waals surface area contributed by atoms with E-state index >= 15 is 0 Å². The van der Waals surface area contributed by atoms with Crippen molar-refractivity contribution in [3.8, 4) is 0 Å². The lowest BCUT2D eigenvalue weighted by molar-refractivity contribution is 0.168. The van der Waals surface area contributed by atoms with E-state index in [9.17, 15) is 0 Å². The number of unbranched alkanes of at least 4 members (excludes halogenated alkanes) is 1. The molecule has 2 nitrogen and oxygen atoms in total. The molecule has 0 rings (SSSR count). The van der Waals surface area contributed by atoms with Crippen molar-refractivity contribution in [2.24, 2.45) is 5.92 Å². The highest BCUT2D eigenvalue weighted by Crippen LogP contribution is 2.14. The van der Waals surface area contributed by atoms with Crippen LogP contribution in [0.1, 0.15) is 52.9 Å². The lowest BCUT2D eigenvalue weighted by atomic mass is 9.94. The maximum atomic E-state index is 5.14. The van der Waals surface area contributed by atoms with Gasteiger partial charge in [-0.15, -0.1) is 0 Å². The van der Waals surface area contributed by atoms with E-state index in [4.69, 9.17) is 4.74 Å². The van der Waals surface area contributed by atoms with E-state index < -0.39 is 0 Å². The molecule has 0 heterocycles. The zero-order valence-corrected chi connectivity index (χ0v) is 11.0. The Morgan fingerprint density at radius 2 is 1.87 bits per heavy atom. The van der Waals surface area contributed by atoms with E-state index in [2.05, 4.69) is 26.1 Å². The van der Waals surface area contributed by atoms with Crippen molar-refractivity contribution in [1.82, 2.24) is 5.32 Å². The molecule has 0 bridgehead atoms. The molecule has 0 aliphatic carbocycles. The van der Waals surface area contributed by atoms with Gasteiger partial charge in [-0.2, -0.15) is 0 Å². The minimum absolute atomic E-state index is 0.681. The normalized spacial score (nSPS) is 15.2. The van der Waals surface area contributed by atoms with Gasteiger partial charge >= 0.3 is 0 Å². The molecule has 0 aliphatic rings. The van der Waals surface area contributed by atoms with Crippen molar-refractivity contribution >= 4 is 0 Å². The molecule has 2 atom stereocenters. The molecule has 0 amide bonds. The molecule has 0 aliphatic heterocycles. The van der Waals surface area contributed by atoms with Gasteiger partial charge in [-0.05, 0) is 31.7 Å². The Balaban J connectivity index is 3.84. The molecule has 1 N–H and O–H groups in total. The van der Waals surface area contributed by atoms with Crippen LogP contribution in [-0.2, 0) is 4.74 Å². The molecule has 0 aromatic heterocycles. The predicted octanol–water partition coefficient (Wildman–Crippen LogP) is 3.22. The zero-order valence-electron chi connectivity index (χ0n) is 11.0. The molecule has 2 heteroatoms. The Bertz CT molecular complexity index is 120. The van der Waals surface area contributed by atoms with Crippen molar-refractivity contribution in [2.45, 2.75) is 58.9 Å². The lowest BCUT2D eigenvalue weighted by Crippen LogP contribution is -2.36. The van der Waals surface area contributed by atoms with Crippen LogP contribution in [-0.4, -0.2) is 26.3 Å². The van der Waals surface area contributed by atoms with Crippen molar-refractivity contribution in [3.05, 3.63) is 0 Å². The molecule has 92 valence electrons. The SMILES string of the molecule is CCCCC(NCCC)C(C)CCOC. The Labute approximate surface area is 95.8 Å². The van der Waals surface area contributed by atoms with E-state index in [1.807, 2.05) is 0 Å². The summed E-state index contributed by atoms with van der Waals surface area (Å²) in [6.07, 6.45) is 6.32. The van der Waals surface area contributed by atoms with Crippen LogP contribution in [0.15, 0.2) is 0 Å². The van der Waals surface area contributed by atoms with Crippen LogP contribution >= 0.6 is 0 Å². The van der Waals surface area contributed by atoms with Gasteiger partial charge in [0, 0.05) is 19.8 Å². The van der Waals surface area contributed by atoms with Gasteiger partial charge in [-0.1, -0.05) is 33.6 Å². The van der Waals surface area contributed by atoms with Gasteiger partial charge in [0.25, 0.3) is 0 Å². The van der Waals surface area contributed by atoms with E-state index in [1.165, 1.54) is 32.1 Å². The van der Waals surface area contributed by atoms with Crippen LogP contribution in [0.2, 0.25) is 0 Å². The van der Waals surface area contributed by atoms with Crippen LogP contribution in [0.25, 0.3) is 0 Å². The first-order chi connectivity index (χ1) is 7.26. The number of ether oxygens (including phenoxy) is 1. The van der Waals surface area contributed by atoms with Gasteiger partial charge in [0.15, 0.2) is 0 Å². The molecule has 2 unspecified atom stereocenters. The van der Waals surface area contributed by atoms with Crippen LogP contribution in [0, 0.1) is 5.92 Å². The largest absolute Gasteiger partial charge is 0.385 e. The van der Waals surface area contributed by atoms with Crippen molar-refractivity contribution in [3.63, 3.8) is 0 Å². The maximum absolute atomic E-state index is 5.14. The summed E-state index contributed by atoms with van der Waals surface area (Å²) in [5.41, 5.74) is 0. The predicted molar refractivity (Wildman–Crippen MR) is 67.3 cm³/mol. The zero-order chi connectivity index (χ0) is 11.5. The molecular formula is C13H29NO. The molecule has 0 fully saturated rings. The summed E-state index contributed by atoms with van der Waals surface area (Å²) in [4.78, 5) is 0. The third kappa shape index (κ3) is 7.80. The fraction of sp³-hybridized carbons (Fsp3) is 1.00. The minimum Gasteiger partial charge on any atom is -0.385 e. The van der Waals surface area contributed by atoms with E-state index in [0.717, 1.165) is 19.1 Å². The van der Waals surface area contributed by atoms with E-state index in [1.54, 1.807) is 7.11 Å². The topological polar surface area (TPSA) is 21.3 Å². The van der Waals surface area contributed by atoms with Gasteiger partial charge in [-0.25, -0.2) is 0 Å². The molecule has 15 heavy (non-hydrogen) atoms. The number of hydrogen-bond acceptors (Lipinski definition) is 2. The smallest absolute Gasteiger partial charge is 0.0465 e. The number of rotatable bonds is 10. The number of hydrogen-bond donors (Lipinski definition) is 1. The Hall–Kier alpha value is -0.0800. The summed E-state index contributed by atoms with van der Waals surface area (Å²) in [5, 5.41) is 3.66.